The van der Waals surface area contributed by atoms with Crippen molar-refractivity contribution < 1.29 is 14.3 Å². The summed E-state index contributed by atoms with van der Waals surface area (Å²) in [5, 5.41) is 10.6. The number of anilines is 2. The number of carboxylic acid groups (broad SMARTS) is 1. The molecule has 1 aliphatic rings. The van der Waals surface area contributed by atoms with Crippen molar-refractivity contribution in [3.8, 4) is 11.3 Å². The first-order chi connectivity index (χ1) is 15.8. The minimum atomic E-state index is -0.744. The molecule has 172 valence electrons. The monoisotopic (exact) mass is 486 g/mol. The van der Waals surface area contributed by atoms with Crippen molar-refractivity contribution in [3.05, 3.63) is 64.9 Å². The lowest BCUT2D eigenvalue weighted by Gasteiger charge is -2.37. The number of hydrogen-bond acceptors (Lipinski definition) is 6. The van der Waals surface area contributed by atoms with Crippen LogP contribution < -0.4 is 9.62 Å². The van der Waals surface area contributed by atoms with Crippen LogP contribution in [-0.2, 0) is 4.79 Å². The lowest BCUT2D eigenvalue weighted by atomic mass is 9.80. The van der Waals surface area contributed by atoms with Gasteiger partial charge in [0.25, 0.3) is 0 Å². The number of aliphatic carboxylic acids is 1. The number of pyridine rings is 2. The molecule has 6 nitrogen and oxygen atoms in total. The van der Waals surface area contributed by atoms with E-state index < -0.39 is 11.4 Å². The Balaban J connectivity index is 1.46. The van der Waals surface area contributed by atoms with Crippen molar-refractivity contribution in [3.63, 3.8) is 0 Å². The number of rotatable bonds is 6. The molecule has 4 rings (SSSR count). The topological polar surface area (TPSA) is 78.4 Å². The number of piperidine rings is 1. The zero-order valence-corrected chi connectivity index (χ0v) is 19.9. The Hall–Kier alpha value is -2.84. The van der Waals surface area contributed by atoms with Gasteiger partial charge < -0.3 is 14.7 Å². The highest BCUT2D eigenvalue weighted by Gasteiger charge is 2.37. The minimum absolute atomic E-state index is 0.305. The van der Waals surface area contributed by atoms with E-state index in [9.17, 15) is 14.3 Å². The zero-order valence-electron chi connectivity index (χ0n) is 18.3. The number of carboxylic acids is 1. The molecule has 0 atom stereocenters. The van der Waals surface area contributed by atoms with Crippen molar-refractivity contribution in [1.82, 2.24) is 9.97 Å². The molecule has 0 spiro atoms. The molecule has 0 unspecified atom stereocenters. The van der Waals surface area contributed by atoms with E-state index in [-0.39, 0.29) is 5.82 Å². The van der Waals surface area contributed by atoms with Gasteiger partial charge >= 0.3 is 5.97 Å². The maximum atomic E-state index is 14.0. The fraction of sp³-hybridized carbons (Fsp3) is 0.292. The molecule has 0 amide bonds. The van der Waals surface area contributed by atoms with Gasteiger partial charge in [-0.15, -0.1) is 0 Å². The molecule has 1 fully saturated rings. The summed E-state index contributed by atoms with van der Waals surface area (Å²) < 4.78 is 17.2. The number of nitrogens with one attached hydrogen (secondary N) is 1. The van der Waals surface area contributed by atoms with Gasteiger partial charge in [0, 0.05) is 30.6 Å². The van der Waals surface area contributed by atoms with E-state index in [2.05, 4.69) is 14.6 Å². The molecule has 2 N–H and O–H groups in total. The molecule has 9 heteroatoms. The summed E-state index contributed by atoms with van der Waals surface area (Å²) in [5.41, 5.74) is 0.970. The molecule has 1 aliphatic heterocycles. The summed E-state index contributed by atoms with van der Waals surface area (Å²) in [6, 6.07) is 14.1. The van der Waals surface area contributed by atoms with Gasteiger partial charge in [0.15, 0.2) is 0 Å². The summed E-state index contributed by atoms with van der Waals surface area (Å²) in [7, 11) is 0. The van der Waals surface area contributed by atoms with Crippen molar-refractivity contribution in [2.24, 2.45) is 5.41 Å². The molecule has 2 aromatic heterocycles. The lowest BCUT2D eigenvalue weighted by molar-refractivity contribution is -0.149. The van der Waals surface area contributed by atoms with E-state index in [1.165, 1.54) is 18.0 Å². The fourth-order valence-corrected chi connectivity index (χ4v) is 4.55. The van der Waals surface area contributed by atoms with E-state index in [1.54, 1.807) is 38.1 Å². The Labute approximate surface area is 201 Å². The normalized spacial score (nSPS) is 15.3. The minimum Gasteiger partial charge on any atom is -0.481 e. The van der Waals surface area contributed by atoms with E-state index in [4.69, 9.17) is 16.6 Å². The van der Waals surface area contributed by atoms with Crippen molar-refractivity contribution in [1.29, 1.82) is 0 Å². The highest BCUT2D eigenvalue weighted by Crippen LogP contribution is 2.34. The number of aromatic nitrogens is 2. The predicted molar refractivity (Wildman–Crippen MR) is 130 cm³/mol. The second-order valence-electron chi connectivity index (χ2n) is 8.33. The molecule has 0 saturated carbocycles. The van der Waals surface area contributed by atoms with Gasteiger partial charge in [0.05, 0.1) is 16.1 Å². The van der Waals surface area contributed by atoms with Crippen LogP contribution in [0.3, 0.4) is 0 Å². The van der Waals surface area contributed by atoms with E-state index in [0.29, 0.717) is 53.6 Å². The van der Waals surface area contributed by atoms with Gasteiger partial charge in [-0.3, -0.25) is 4.79 Å². The van der Waals surface area contributed by atoms with Crippen LogP contribution in [0.5, 0.6) is 0 Å². The quantitative estimate of drug-likeness (QED) is 0.410. The molecule has 0 radical (unpaired) electrons. The first-order valence-corrected chi connectivity index (χ1v) is 11.8. The molecule has 3 aromatic rings. The second kappa shape index (κ2) is 9.57. The van der Waals surface area contributed by atoms with Crippen molar-refractivity contribution in [2.45, 2.75) is 31.7 Å². The van der Waals surface area contributed by atoms with Gasteiger partial charge in [0.1, 0.15) is 22.5 Å². The summed E-state index contributed by atoms with van der Waals surface area (Å²) in [6.07, 6.45) is 1.16. The predicted octanol–water partition coefficient (Wildman–Crippen LogP) is 6.05. The van der Waals surface area contributed by atoms with Crippen LogP contribution in [0.25, 0.3) is 11.3 Å². The van der Waals surface area contributed by atoms with E-state index >= 15 is 0 Å². The molecule has 3 heterocycles. The first kappa shape index (κ1) is 23.3. The maximum Gasteiger partial charge on any atom is 0.309 e. The molecular weight excluding hydrogens is 463 g/mol. The highest BCUT2D eigenvalue weighted by molar-refractivity contribution is 8.00. The third kappa shape index (κ3) is 5.07. The first-order valence-electron chi connectivity index (χ1n) is 10.6. The summed E-state index contributed by atoms with van der Waals surface area (Å²) in [5.74, 6) is 0.340. The van der Waals surface area contributed by atoms with Crippen LogP contribution in [0.4, 0.5) is 16.0 Å². The number of carbonyl (C=O) groups is 1. The Kier molecular flexibility index (Phi) is 6.76. The molecule has 1 saturated heterocycles. The lowest BCUT2D eigenvalue weighted by Crippen LogP contribution is -2.43. The Morgan fingerprint density at radius 2 is 1.88 bits per heavy atom. The number of hydrogen-bond donors (Lipinski definition) is 2. The van der Waals surface area contributed by atoms with Gasteiger partial charge in [-0.05, 0) is 62.6 Å². The average Bonchev–Trinajstić information content (AvgIpc) is 2.81. The summed E-state index contributed by atoms with van der Waals surface area (Å²) in [6.45, 7) is 4.79. The molecule has 33 heavy (non-hydrogen) atoms. The Morgan fingerprint density at radius 1 is 1.15 bits per heavy atom. The molecule has 0 bridgehead atoms. The van der Waals surface area contributed by atoms with Crippen LogP contribution in [0.2, 0.25) is 5.02 Å². The number of benzene rings is 1. The van der Waals surface area contributed by atoms with Crippen molar-refractivity contribution >= 4 is 41.2 Å². The highest BCUT2D eigenvalue weighted by atomic mass is 35.5. The van der Waals surface area contributed by atoms with Crippen LogP contribution in [0.1, 0.15) is 25.3 Å². The molecule has 1 aromatic carbocycles. The average molecular weight is 487 g/mol. The summed E-state index contributed by atoms with van der Waals surface area (Å²) in [4.78, 5) is 22.9. The fourth-order valence-electron chi connectivity index (χ4n) is 3.74. The third-order valence-corrected chi connectivity index (χ3v) is 7.10. The van der Waals surface area contributed by atoms with Gasteiger partial charge in [-0.1, -0.05) is 29.8 Å². The molecule has 0 aliphatic carbocycles. The molecular formula is C24H24ClFN4O2S. The smallest absolute Gasteiger partial charge is 0.309 e. The van der Waals surface area contributed by atoms with E-state index in [1.807, 2.05) is 18.2 Å². The van der Waals surface area contributed by atoms with Crippen LogP contribution in [-0.4, -0.2) is 34.1 Å². The largest absolute Gasteiger partial charge is 0.481 e. The third-order valence-electron chi connectivity index (χ3n) is 6.05. The van der Waals surface area contributed by atoms with Crippen LogP contribution >= 0.6 is 23.5 Å². The standard InChI is InChI=1S/C24H24ClFN4O2S/c1-15-16(5-3-6-18(15)26)22-17(25)9-10-19(27-22)29-33-21-8-4-7-20(28-21)30-13-11-24(2,12-14-30)23(31)32/h3-10H,11-14H2,1-2H3,(H,27,29)(H,31,32). The maximum absolute atomic E-state index is 14.0. The van der Waals surface area contributed by atoms with Crippen LogP contribution in [0, 0.1) is 18.2 Å². The Morgan fingerprint density at radius 3 is 2.61 bits per heavy atom. The summed E-state index contributed by atoms with van der Waals surface area (Å²) >= 11 is 7.66. The van der Waals surface area contributed by atoms with Gasteiger partial charge in [0.2, 0.25) is 0 Å². The van der Waals surface area contributed by atoms with Gasteiger partial charge in [-0.25, -0.2) is 14.4 Å². The number of nitrogens with zero attached hydrogens (tertiary/aromatic N) is 3. The SMILES string of the molecule is Cc1c(F)cccc1-c1nc(NSc2cccc(N3CCC(C)(C(=O)O)CC3)n2)ccc1Cl. The Bertz CT molecular complexity index is 1180. The van der Waals surface area contributed by atoms with Crippen molar-refractivity contribution in [2.75, 3.05) is 22.7 Å². The zero-order chi connectivity index (χ0) is 23.6. The van der Waals surface area contributed by atoms with E-state index in [0.717, 1.165) is 10.8 Å². The van der Waals surface area contributed by atoms with Gasteiger partial charge in [-0.2, -0.15) is 0 Å². The van der Waals surface area contributed by atoms with Crippen LogP contribution in [0.15, 0.2) is 53.6 Å². The second-order valence-corrected chi connectivity index (χ2v) is 9.56. The number of halogens is 2.